The number of halogens is 1. The monoisotopic (exact) mass is 492 g/mol. The van der Waals surface area contributed by atoms with Crippen LogP contribution in [0.1, 0.15) is 42.4 Å². The first kappa shape index (κ1) is 26.3. The maximum atomic E-state index is 12.4. The number of amides is 1. The van der Waals surface area contributed by atoms with Crippen molar-refractivity contribution < 1.29 is 14.3 Å². The number of hydrogen-bond acceptors (Lipinski definition) is 4. The molecular formula is C29H33ClN2O3. The summed E-state index contributed by atoms with van der Waals surface area (Å²) >= 11 is 6.14. The Labute approximate surface area is 212 Å². The van der Waals surface area contributed by atoms with Crippen LogP contribution in [-0.2, 0) is 33.6 Å². The van der Waals surface area contributed by atoms with Gasteiger partial charge in [-0.2, -0.15) is 0 Å². The molecule has 35 heavy (non-hydrogen) atoms. The zero-order valence-electron chi connectivity index (χ0n) is 20.2. The molecule has 184 valence electrons. The summed E-state index contributed by atoms with van der Waals surface area (Å²) in [4.78, 5) is 23.9. The van der Waals surface area contributed by atoms with E-state index in [9.17, 15) is 9.59 Å². The molecule has 0 atom stereocenters. The van der Waals surface area contributed by atoms with Gasteiger partial charge < -0.3 is 15.4 Å². The lowest BCUT2D eigenvalue weighted by molar-refractivity contribution is -0.139. The lowest BCUT2D eigenvalue weighted by Gasteiger charge is -2.10. The summed E-state index contributed by atoms with van der Waals surface area (Å²) in [6, 6.07) is 24.0. The Bertz CT molecular complexity index is 1080. The quantitative estimate of drug-likeness (QED) is 0.212. The molecule has 0 aliphatic heterocycles. The summed E-state index contributed by atoms with van der Waals surface area (Å²) in [5.74, 6) is -0.467. The number of esters is 1. The van der Waals surface area contributed by atoms with Gasteiger partial charge in [-0.05, 0) is 72.7 Å². The molecule has 0 aliphatic carbocycles. The van der Waals surface area contributed by atoms with Crippen molar-refractivity contribution in [2.45, 2.75) is 44.9 Å². The van der Waals surface area contributed by atoms with Crippen molar-refractivity contribution in [1.29, 1.82) is 0 Å². The molecule has 0 bridgehead atoms. The van der Waals surface area contributed by atoms with Gasteiger partial charge >= 0.3 is 5.97 Å². The minimum atomic E-state index is -0.378. The third-order valence-corrected chi connectivity index (χ3v) is 6.17. The summed E-state index contributed by atoms with van der Waals surface area (Å²) < 4.78 is 4.69. The van der Waals surface area contributed by atoms with Crippen LogP contribution in [-0.4, -0.2) is 25.5 Å². The van der Waals surface area contributed by atoms with E-state index in [0.29, 0.717) is 29.1 Å². The van der Waals surface area contributed by atoms with Gasteiger partial charge in [0.1, 0.15) is 0 Å². The normalized spacial score (nSPS) is 10.6. The minimum Gasteiger partial charge on any atom is -0.469 e. The van der Waals surface area contributed by atoms with Crippen molar-refractivity contribution in [2.75, 3.05) is 24.3 Å². The zero-order valence-corrected chi connectivity index (χ0v) is 20.9. The van der Waals surface area contributed by atoms with Crippen molar-refractivity contribution in [3.8, 4) is 0 Å². The number of anilines is 2. The predicted octanol–water partition coefficient (Wildman–Crippen LogP) is 6.45. The largest absolute Gasteiger partial charge is 0.469 e. The van der Waals surface area contributed by atoms with Crippen LogP contribution in [0, 0.1) is 0 Å². The molecule has 3 aromatic carbocycles. The number of nitrogens with one attached hydrogen (secondary N) is 2. The third-order valence-electron chi connectivity index (χ3n) is 5.80. The van der Waals surface area contributed by atoms with Crippen LogP contribution in [0.4, 0.5) is 11.4 Å². The van der Waals surface area contributed by atoms with Crippen molar-refractivity contribution >= 4 is 34.9 Å². The number of benzene rings is 3. The van der Waals surface area contributed by atoms with E-state index in [0.717, 1.165) is 30.6 Å². The van der Waals surface area contributed by atoms with Gasteiger partial charge in [-0.1, -0.05) is 60.5 Å². The first-order valence-corrected chi connectivity index (χ1v) is 12.4. The Morgan fingerprint density at radius 1 is 0.829 bits per heavy atom. The molecule has 5 nitrogen and oxygen atoms in total. The van der Waals surface area contributed by atoms with Gasteiger partial charge in [0.2, 0.25) is 5.91 Å². The third kappa shape index (κ3) is 9.45. The van der Waals surface area contributed by atoms with Crippen LogP contribution in [0.3, 0.4) is 0 Å². The van der Waals surface area contributed by atoms with Crippen LogP contribution in [0.25, 0.3) is 0 Å². The van der Waals surface area contributed by atoms with Crippen LogP contribution in [0.5, 0.6) is 0 Å². The number of unbranched alkanes of at least 4 members (excludes halogenated alkanes) is 2. The van der Waals surface area contributed by atoms with Crippen molar-refractivity contribution in [1.82, 2.24) is 0 Å². The molecule has 3 aromatic rings. The molecule has 0 aliphatic rings. The topological polar surface area (TPSA) is 67.4 Å². The molecule has 0 saturated heterocycles. The molecule has 6 heteroatoms. The van der Waals surface area contributed by atoms with E-state index in [2.05, 4.69) is 70.0 Å². The maximum absolute atomic E-state index is 12.4. The average molecular weight is 493 g/mol. The highest BCUT2D eigenvalue weighted by atomic mass is 35.5. The molecule has 2 N–H and O–H groups in total. The molecule has 0 aromatic heterocycles. The highest BCUT2D eigenvalue weighted by Gasteiger charge is 2.10. The maximum Gasteiger partial charge on any atom is 0.310 e. The minimum absolute atomic E-state index is 0.0626. The standard InChI is InChI=1S/C29H33ClN2O3/c1-35-29(34)21-24-20-26(16-17-27(24)30)32-28(33)18-13-23-11-14-25(15-12-23)31-19-7-3-6-10-22-8-4-2-5-9-22/h2,4-5,8-9,11-12,14-17,20,31H,3,6-7,10,13,18-19,21H2,1H3,(H,32,33). The second-order valence-corrected chi connectivity index (χ2v) is 8.93. The number of ether oxygens (including phenoxy) is 1. The van der Waals surface area contributed by atoms with Gasteiger partial charge in [-0.3, -0.25) is 9.59 Å². The molecule has 0 heterocycles. The van der Waals surface area contributed by atoms with Gasteiger partial charge in [0.05, 0.1) is 13.5 Å². The van der Waals surface area contributed by atoms with Crippen LogP contribution < -0.4 is 10.6 Å². The Kier molecular flexibility index (Phi) is 10.6. The van der Waals surface area contributed by atoms with Gasteiger partial charge in [0, 0.05) is 29.4 Å². The fourth-order valence-corrected chi connectivity index (χ4v) is 3.98. The van der Waals surface area contributed by atoms with Gasteiger partial charge in [-0.15, -0.1) is 0 Å². The van der Waals surface area contributed by atoms with Crippen LogP contribution in [0.2, 0.25) is 5.02 Å². The van der Waals surface area contributed by atoms with Crippen molar-refractivity contribution in [2.24, 2.45) is 0 Å². The average Bonchev–Trinajstić information content (AvgIpc) is 2.88. The number of carbonyl (C=O) groups is 2. The Morgan fingerprint density at radius 2 is 1.54 bits per heavy atom. The van der Waals surface area contributed by atoms with E-state index >= 15 is 0 Å². The molecule has 1 amide bonds. The fourth-order valence-electron chi connectivity index (χ4n) is 3.79. The number of rotatable bonds is 13. The molecular weight excluding hydrogens is 460 g/mol. The predicted molar refractivity (Wildman–Crippen MR) is 143 cm³/mol. The number of hydrogen-bond donors (Lipinski definition) is 2. The first-order valence-electron chi connectivity index (χ1n) is 12.1. The van der Waals surface area contributed by atoms with E-state index in [4.69, 9.17) is 11.6 Å². The van der Waals surface area contributed by atoms with E-state index in [1.54, 1.807) is 18.2 Å². The molecule has 0 fully saturated rings. The zero-order chi connectivity index (χ0) is 24.9. The SMILES string of the molecule is COC(=O)Cc1cc(NC(=O)CCc2ccc(NCCCCCc3ccccc3)cc2)ccc1Cl. The second-order valence-electron chi connectivity index (χ2n) is 8.53. The Hall–Kier alpha value is -3.31. The molecule has 0 unspecified atom stereocenters. The first-order chi connectivity index (χ1) is 17.0. The van der Waals surface area contributed by atoms with Crippen molar-refractivity contribution in [3.05, 3.63) is 94.5 Å². The number of methoxy groups -OCH3 is 1. The lowest BCUT2D eigenvalue weighted by atomic mass is 10.1. The molecule has 3 rings (SSSR count). The molecule has 0 radical (unpaired) electrons. The fraction of sp³-hybridized carbons (Fsp3) is 0.310. The lowest BCUT2D eigenvalue weighted by Crippen LogP contribution is -2.13. The van der Waals surface area contributed by atoms with E-state index in [1.807, 2.05) is 0 Å². The molecule has 0 spiro atoms. The van der Waals surface area contributed by atoms with Gasteiger partial charge in [-0.25, -0.2) is 0 Å². The highest BCUT2D eigenvalue weighted by Crippen LogP contribution is 2.22. The summed E-state index contributed by atoms with van der Waals surface area (Å²) in [5, 5.41) is 6.81. The van der Waals surface area contributed by atoms with Crippen LogP contribution in [0.15, 0.2) is 72.8 Å². The highest BCUT2D eigenvalue weighted by molar-refractivity contribution is 6.31. The summed E-state index contributed by atoms with van der Waals surface area (Å²) in [6.45, 7) is 0.954. The van der Waals surface area contributed by atoms with E-state index < -0.39 is 0 Å². The Balaban J connectivity index is 1.35. The van der Waals surface area contributed by atoms with Gasteiger partial charge in [0.25, 0.3) is 0 Å². The summed E-state index contributed by atoms with van der Waals surface area (Å²) in [7, 11) is 1.33. The van der Waals surface area contributed by atoms with Gasteiger partial charge in [0.15, 0.2) is 0 Å². The van der Waals surface area contributed by atoms with Crippen molar-refractivity contribution in [3.63, 3.8) is 0 Å². The van der Waals surface area contributed by atoms with Crippen LogP contribution >= 0.6 is 11.6 Å². The van der Waals surface area contributed by atoms with E-state index in [-0.39, 0.29) is 18.3 Å². The number of carbonyl (C=O) groups excluding carboxylic acids is 2. The smallest absolute Gasteiger partial charge is 0.310 e. The summed E-state index contributed by atoms with van der Waals surface area (Å²) in [5.41, 5.74) is 4.84. The van der Waals surface area contributed by atoms with E-state index in [1.165, 1.54) is 25.5 Å². The summed E-state index contributed by atoms with van der Waals surface area (Å²) in [6.07, 6.45) is 5.75. The molecule has 0 saturated carbocycles. The second kappa shape index (κ2) is 14.2. The Morgan fingerprint density at radius 3 is 2.29 bits per heavy atom. The number of aryl methyl sites for hydroxylation is 2.